The number of thiophene rings is 1. The molecule has 1 aliphatic rings. The molecule has 0 atom stereocenters. The molecule has 0 bridgehead atoms. The fourth-order valence-corrected chi connectivity index (χ4v) is 3.39. The van der Waals surface area contributed by atoms with Gasteiger partial charge in [0.25, 0.3) is 5.91 Å². The van der Waals surface area contributed by atoms with E-state index < -0.39 is 5.91 Å². The molecule has 98 valence electrons. The lowest BCUT2D eigenvalue weighted by Crippen LogP contribution is -2.30. The van der Waals surface area contributed by atoms with E-state index in [9.17, 15) is 4.79 Å². The predicted molar refractivity (Wildman–Crippen MR) is 78.4 cm³/mol. The summed E-state index contributed by atoms with van der Waals surface area (Å²) < 4.78 is 0. The van der Waals surface area contributed by atoms with Crippen LogP contribution in [0.1, 0.15) is 20.8 Å². The Bertz CT molecular complexity index is 635. The standard InChI is InChI=1S/C14H15N3OS/c15-13-10(14(16)18)2-1-3-11(13)17-6-4-12-9(8-17)5-7-19-12/h1-3,5,7H,4,6,8,15H2,(H2,16,18). The summed E-state index contributed by atoms with van der Waals surface area (Å²) in [6, 6.07) is 7.59. The number of nitrogen functional groups attached to an aromatic ring is 1. The molecule has 0 fully saturated rings. The lowest BCUT2D eigenvalue weighted by molar-refractivity contribution is 0.100. The molecule has 1 amide bonds. The number of anilines is 2. The number of nitrogens with two attached hydrogens (primary N) is 2. The van der Waals surface area contributed by atoms with Gasteiger partial charge in [0.05, 0.1) is 16.9 Å². The molecule has 5 heteroatoms. The second-order valence-electron chi connectivity index (χ2n) is 4.64. The van der Waals surface area contributed by atoms with Crippen LogP contribution in [0.15, 0.2) is 29.6 Å². The maximum Gasteiger partial charge on any atom is 0.250 e. The fourth-order valence-electron chi connectivity index (χ4n) is 2.50. The number of hydrogen-bond donors (Lipinski definition) is 2. The van der Waals surface area contributed by atoms with Crippen LogP contribution >= 0.6 is 11.3 Å². The van der Waals surface area contributed by atoms with Gasteiger partial charge in [-0.15, -0.1) is 11.3 Å². The zero-order valence-corrected chi connectivity index (χ0v) is 11.2. The number of nitrogens with zero attached hydrogens (tertiary/aromatic N) is 1. The molecule has 2 heterocycles. The molecule has 0 saturated heterocycles. The molecule has 1 aromatic heterocycles. The van der Waals surface area contributed by atoms with E-state index >= 15 is 0 Å². The van der Waals surface area contributed by atoms with Crippen molar-refractivity contribution in [3.63, 3.8) is 0 Å². The number of carbonyl (C=O) groups excluding carboxylic acids is 1. The largest absolute Gasteiger partial charge is 0.396 e. The van der Waals surface area contributed by atoms with Crippen molar-refractivity contribution < 1.29 is 4.79 Å². The molecule has 1 aliphatic heterocycles. The van der Waals surface area contributed by atoms with Crippen LogP contribution in [-0.4, -0.2) is 12.5 Å². The zero-order valence-electron chi connectivity index (χ0n) is 10.4. The Kier molecular flexibility index (Phi) is 2.91. The fraction of sp³-hybridized carbons (Fsp3) is 0.214. The average molecular weight is 273 g/mol. The lowest BCUT2D eigenvalue weighted by Gasteiger charge is -2.30. The molecule has 0 unspecified atom stereocenters. The Morgan fingerprint density at radius 3 is 2.95 bits per heavy atom. The number of rotatable bonds is 2. The van der Waals surface area contributed by atoms with Gasteiger partial charge in [-0.05, 0) is 35.6 Å². The van der Waals surface area contributed by atoms with Gasteiger partial charge in [0.15, 0.2) is 0 Å². The maximum absolute atomic E-state index is 11.3. The van der Waals surface area contributed by atoms with Crippen molar-refractivity contribution in [2.45, 2.75) is 13.0 Å². The van der Waals surface area contributed by atoms with Crippen molar-refractivity contribution in [3.05, 3.63) is 45.6 Å². The van der Waals surface area contributed by atoms with Gasteiger partial charge in [-0.1, -0.05) is 6.07 Å². The molecular weight excluding hydrogens is 258 g/mol. The van der Waals surface area contributed by atoms with Gasteiger partial charge in [0, 0.05) is 18.0 Å². The topological polar surface area (TPSA) is 72.4 Å². The van der Waals surface area contributed by atoms with Crippen LogP contribution in [0.5, 0.6) is 0 Å². The normalized spacial score (nSPS) is 14.2. The van der Waals surface area contributed by atoms with Crippen LogP contribution in [0, 0.1) is 0 Å². The van der Waals surface area contributed by atoms with Gasteiger partial charge < -0.3 is 16.4 Å². The summed E-state index contributed by atoms with van der Waals surface area (Å²) in [6.07, 6.45) is 1.02. The first-order chi connectivity index (χ1) is 9.16. The minimum Gasteiger partial charge on any atom is -0.396 e. The molecule has 2 aromatic rings. The van der Waals surface area contributed by atoms with Gasteiger partial charge in [-0.3, -0.25) is 4.79 Å². The van der Waals surface area contributed by atoms with Crippen molar-refractivity contribution in [3.8, 4) is 0 Å². The van der Waals surface area contributed by atoms with E-state index in [0.29, 0.717) is 11.3 Å². The smallest absolute Gasteiger partial charge is 0.250 e. The predicted octanol–water partition coefficient (Wildman–Crippen LogP) is 1.99. The summed E-state index contributed by atoms with van der Waals surface area (Å²) in [7, 11) is 0. The number of fused-ring (bicyclic) bond motifs is 1. The van der Waals surface area contributed by atoms with E-state index in [2.05, 4.69) is 16.3 Å². The van der Waals surface area contributed by atoms with Crippen molar-refractivity contribution in [1.29, 1.82) is 0 Å². The molecule has 3 rings (SSSR count). The number of amides is 1. The summed E-state index contributed by atoms with van der Waals surface area (Å²) in [5, 5.41) is 2.12. The van der Waals surface area contributed by atoms with Gasteiger partial charge in [0.2, 0.25) is 0 Å². The molecule has 0 radical (unpaired) electrons. The summed E-state index contributed by atoms with van der Waals surface area (Å²) in [5.74, 6) is -0.479. The van der Waals surface area contributed by atoms with E-state index in [1.165, 1.54) is 10.4 Å². The summed E-state index contributed by atoms with van der Waals surface area (Å²) >= 11 is 1.80. The Morgan fingerprint density at radius 1 is 1.32 bits per heavy atom. The van der Waals surface area contributed by atoms with E-state index in [4.69, 9.17) is 11.5 Å². The van der Waals surface area contributed by atoms with Crippen molar-refractivity contribution in [2.24, 2.45) is 5.73 Å². The highest BCUT2D eigenvalue weighted by Crippen LogP contribution is 2.32. The molecule has 0 spiro atoms. The SMILES string of the molecule is NC(=O)c1cccc(N2CCc3sccc3C2)c1N. The number of benzene rings is 1. The van der Waals surface area contributed by atoms with Crippen molar-refractivity contribution in [2.75, 3.05) is 17.2 Å². The second kappa shape index (κ2) is 4.59. The summed E-state index contributed by atoms with van der Waals surface area (Å²) in [4.78, 5) is 15.0. The number of hydrogen-bond acceptors (Lipinski definition) is 4. The van der Waals surface area contributed by atoms with E-state index in [-0.39, 0.29) is 0 Å². The van der Waals surface area contributed by atoms with Crippen LogP contribution in [0.4, 0.5) is 11.4 Å². The minimum atomic E-state index is -0.479. The maximum atomic E-state index is 11.3. The highest BCUT2D eigenvalue weighted by molar-refractivity contribution is 7.10. The molecule has 4 N–H and O–H groups in total. The van der Waals surface area contributed by atoms with E-state index in [1.807, 2.05) is 12.1 Å². The van der Waals surface area contributed by atoms with Gasteiger partial charge >= 0.3 is 0 Å². The molecular formula is C14H15N3OS. The van der Waals surface area contributed by atoms with Crippen LogP contribution in [0.25, 0.3) is 0 Å². The Morgan fingerprint density at radius 2 is 2.16 bits per heavy atom. The molecule has 0 aliphatic carbocycles. The van der Waals surface area contributed by atoms with Crippen LogP contribution in [0.2, 0.25) is 0 Å². The number of carbonyl (C=O) groups is 1. The third kappa shape index (κ3) is 2.06. The zero-order chi connectivity index (χ0) is 13.4. The van der Waals surface area contributed by atoms with Crippen molar-refractivity contribution in [1.82, 2.24) is 0 Å². The third-order valence-corrected chi connectivity index (χ3v) is 4.52. The number of primary amides is 1. The molecule has 1 aromatic carbocycles. The van der Waals surface area contributed by atoms with E-state index in [0.717, 1.165) is 25.2 Å². The Hall–Kier alpha value is -2.01. The highest BCUT2D eigenvalue weighted by atomic mass is 32.1. The first kappa shape index (κ1) is 12.0. The third-order valence-electron chi connectivity index (χ3n) is 3.50. The molecule has 0 saturated carbocycles. The second-order valence-corrected chi connectivity index (χ2v) is 5.64. The Labute approximate surface area is 115 Å². The monoisotopic (exact) mass is 273 g/mol. The van der Waals surface area contributed by atoms with Gasteiger partial charge in [-0.25, -0.2) is 0 Å². The summed E-state index contributed by atoms with van der Waals surface area (Å²) in [6.45, 7) is 1.76. The number of para-hydroxylation sites is 1. The molecule has 4 nitrogen and oxygen atoms in total. The quantitative estimate of drug-likeness (QED) is 0.822. The van der Waals surface area contributed by atoms with E-state index in [1.54, 1.807) is 17.4 Å². The first-order valence-corrected chi connectivity index (χ1v) is 7.03. The van der Waals surface area contributed by atoms with Crippen LogP contribution in [0.3, 0.4) is 0 Å². The first-order valence-electron chi connectivity index (χ1n) is 6.15. The van der Waals surface area contributed by atoms with Crippen molar-refractivity contribution >= 4 is 28.6 Å². The summed E-state index contributed by atoms with van der Waals surface area (Å²) in [5.41, 5.74) is 14.5. The van der Waals surface area contributed by atoms with Crippen LogP contribution in [-0.2, 0) is 13.0 Å². The highest BCUT2D eigenvalue weighted by Gasteiger charge is 2.20. The minimum absolute atomic E-state index is 0.397. The van der Waals surface area contributed by atoms with Gasteiger partial charge in [0.1, 0.15) is 0 Å². The van der Waals surface area contributed by atoms with Crippen LogP contribution < -0.4 is 16.4 Å². The molecule has 19 heavy (non-hydrogen) atoms. The average Bonchev–Trinajstić information content (AvgIpc) is 2.85. The lowest BCUT2D eigenvalue weighted by atomic mass is 10.1. The van der Waals surface area contributed by atoms with Gasteiger partial charge in [-0.2, -0.15) is 0 Å². The Balaban J connectivity index is 1.96.